The summed E-state index contributed by atoms with van der Waals surface area (Å²) in [6.45, 7) is 3.08. The van der Waals surface area contributed by atoms with Crippen LogP contribution in [0.5, 0.6) is 0 Å². The highest BCUT2D eigenvalue weighted by atomic mass is 32.2. The molecule has 0 amide bonds. The zero-order valence-electron chi connectivity index (χ0n) is 12.7. The zero-order chi connectivity index (χ0) is 15.3. The molecule has 6 heteroatoms. The second-order valence-corrected chi connectivity index (χ2v) is 6.31. The fraction of sp³-hybridized carbons (Fsp3) is 0.467. The van der Waals surface area contributed by atoms with Crippen LogP contribution in [0.1, 0.15) is 12.5 Å². The van der Waals surface area contributed by atoms with E-state index >= 15 is 0 Å². The van der Waals surface area contributed by atoms with E-state index in [1.165, 1.54) is 0 Å². The van der Waals surface area contributed by atoms with Crippen LogP contribution in [-0.4, -0.2) is 44.0 Å². The lowest BCUT2D eigenvalue weighted by molar-refractivity contribution is 0.0846. The van der Waals surface area contributed by atoms with Crippen LogP contribution in [0.3, 0.4) is 0 Å². The van der Waals surface area contributed by atoms with Crippen molar-refractivity contribution < 1.29 is 5.11 Å². The average molecular weight is 306 g/mol. The van der Waals surface area contributed by atoms with E-state index in [1.807, 2.05) is 43.2 Å². The van der Waals surface area contributed by atoms with Gasteiger partial charge >= 0.3 is 0 Å². The van der Waals surface area contributed by atoms with Gasteiger partial charge in [-0.3, -0.25) is 9.67 Å². The molecular weight excluding hydrogens is 284 g/mol. The van der Waals surface area contributed by atoms with Crippen molar-refractivity contribution in [3.05, 3.63) is 36.3 Å². The molecule has 2 aromatic heterocycles. The van der Waals surface area contributed by atoms with Gasteiger partial charge in [-0.15, -0.1) is 0 Å². The SMILES string of the molecule is CSCC(C)(O)CNCc1cn(C)nc1-c1ccncc1. The Bertz CT molecular complexity index is 568. The Hall–Kier alpha value is -1.37. The van der Waals surface area contributed by atoms with Gasteiger partial charge in [0, 0.05) is 55.6 Å². The van der Waals surface area contributed by atoms with Crippen molar-refractivity contribution in [3.8, 4) is 11.3 Å². The van der Waals surface area contributed by atoms with Crippen molar-refractivity contribution >= 4 is 11.8 Å². The number of aromatic nitrogens is 3. The topological polar surface area (TPSA) is 63.0 Å². The number of hydrogen-bond acceptors (Lipinski definition) is 5. The number of hydrogen-bond donors (Lipinski definition) is 2. The molecule has 2 N–H and O–H groups in total. The maximum atomic E-state index is 10.2. The Labute approximate surface area is 129 Å². The largest absolute Gasteiger partial charge is 0.388 e. The molecule has 2 aromatic rings. The first-order valence-electron chi connectivity index (χ1n) is 6.87. The maximum absolute atomic E-state index is 10.2. The third kappa shape index (κ3) is 4.56. The van der Waals surface area contributed by atoms with Crippen LogP contribution in [0, 0.1) is 0 Å². The van der Waals surface area contributed by atoms with Crippen molar-refractivity contribution in [2.45, 2.75) is 19.1 Å². The second-order valence-electron chi connectivity index (χ2n) is 5.45. The van der Waals surface area contributed by atoms with E-state index in [4.69, 9.17) is 0 Å². The Morgan fingerprint density at radius 3 is 2.76 bits per heavy atom. The molecule has 1 unspecified atom stereocenters. The number of aliphatic hydroxyl groups is 1. The van der Waals surface area contributed by atoms with Gasteiger partial charge in [0.05, 0.1) is 11.3 Å². The van der Waals surface area contributed by atoms with Crippen LogP contribution in [0.15, 0.2) is 30.7 Å². The number of nitrogens with zero attached hydrogens (tertiary/aromatic N) is 3. The molecule has 2 heterocycles. The molecule has 0 fully saturated rings. The summed E-state index contributed by atoms with van der Waals surface area (Å²) >= 11 is 1.65. The number of aryl methyl sites for hydroxylation is 1. The monoisotopic (exact) mass is 306 g/mol. The van der Waals surface area contributed by atoms with Crippen LogP contribution >= 0.6 is 11.8 Å². The van der Waals surface area contributed by atoms with E-state index in [0.717, 1.165) is 16.8 Å². The van der Waals surface area contributed by atoms with E-state index in [-0.39, 0.29) is 0 Å². The van der Waals surface area contributed by atoms with Gasteiger partial charge in [-0.1, -0.05) is 0 Å². The van der Waals surface area contributed by atoms with Gasteiger partial charge in [0.1, 0.15) is 0 Å². The summed E-state index contributed by atoms with van der Waals surface area (Å²) in [7, 11) is 1.91. The standard InChI is InChI=1S/C15H22N4OS/c1-15(20,11-21-3)10-17-8-13-9-19(2)18-14(13)12-4-6-16-7-5-12/h4-7,9,17,20H,8,10-11H2,1-3H3. The second kappa shape index (κ2) is 7.06. The van der Waals surface area contributed by atoms with Gasteiger partial charge in [-0.05, 0) is 25.3 Å². The van der Waals surface area contributed by atoms with Gasteiger partial charge in [0.25, 0.3) is 0 Å². The quantitative estimate of drug-likeness (QED) is 0.815. The minimum absolute atomic E-state index is 0.554. The summed E-state index contributed by atoms with van der Waals surface area (Å²) < 4.78 is 1.81. The smallest absolute Gasteiger partial charge is 0.0969 e. The minimum atomic E-state index is -0.696. The molecule has 0 aromatic carbocycles. The first-order chi connectivity index (χ1) is 10.0. The molecule has 0 bridgehead atoms. The molecule has 0 saturated carbocycles. The van der Waals surface area contributed by atoms with Gasteiger partial charge in [-0.2, -0.15) is 16.9 Å². The molecule has 114 valence electrons. The predicted octanol–water partition coefficient (Wildman–Crippen LogP) is 1.69. The summed E-state index contributed by atoms with van der Waals surface area (Å²) in [4.78, 5) is 4.04. The molecule has 1 atom stereocenters. The summed E-state index contributed by atoms with van der Waals surface area (Å²) in [5.74, 6) is 0.713. The third-order valence-electron chi connectivity index (χ3n) is 3.13. The summed E-state index contributed by atoms with van der Waals surface area (Å²) in [6, 6.07) is 3.91. The summed E-state index contributed by atoms with van der Waals surface area (Å²) in [5, 5.41) is 18.0. The lowest BCUT2D eigenvalue weighted by Crippen LogP contribution is -2.39. The molecule has 0 saturated heterocycles. The number of nitrogens with one attached hydrogen (secondary N) is 1. The Kier molecular flexibility index (Phi) is 5.39. The molecule has 0 spiro atoms. The number of pyridine rings is 1. The Balaban J connectivity index is 2.04. The highest BCUT2D eigenvalue weighted by molar-refractivity contribution is 7.98. The van der Waals surface area contributed by atoms with Crippen molar-refractivity contribution in [1.82, 2.24) is 20.1 Å². The molecule has 0 radical (unpaired) electrons. The highest BCUT2D eigenvalue weighted by Gasteiger charge is 2.19. The summed E-state index contributed by atoms with van der Waals surface area (Å²) in [5.41, 5.74) is 2.43. The lowest BCUT2D eigenvalue weighted by atomic mass is 10.1. The van der Waals surface area contributed by atoms with Crippen LogP contribution in [0.2, 0.25) is 0 Å². The third-order valence-corrected chi connectivity index (χ3v) is 4.05. The molecule has 0 aliphatic heterocycles. The molecule has 0 aliphatic carbocycles. The summed E-state index contributed by atoms with van der Waals surface area (Å²) in [6.07, 6.45) is 7.54. The van der Waals surface area contributed by atoms with E-state index in [0.29, 0.717) is 18.8 Å². The van der Waals surface area contributed by atoms with Crippen LogP contribution in [0.25, 0.3) is 11.3 Å². The van der Waals surface area contributed by atoms with Crippen molar-refractivity contribution in [2.24, 2.45) is 7.05 Å². The maximum Gasteiger partial charge on any atom is 0.0969 e. The fourth-order valence-electron chi connectivity index (χ4n) is 2.25. The molecule has 5 nitrogen and oxygen atoms in total. The molecule has 2 rings (SSSR count). The zero-order valence-corrected chi connectivity index (χ0v) is 13.5. The van der Waals surface area contributed by atoms with Gasteiger partial charge in [0.2, 0.25) is 0 Å². The van der Waals surface area contributed by atoms with E-state index in [9.17, 15) is 5.11 Å². The predicted molar refractivity (Wildman–Crippen MR) is 87.2 cm³/mol. The molecule has 21 heavy (non-hydrogen) atoms. The van der Waals surface area contributed by atoms with Crippen molar-refractivity contribution in [1.29, 1.82) is 0 Å². The average Bonchev–Trinajstić information content (AvgIpc) is 2.80. The van der Waals surface area contributed by atoms with Gasteiger partial charge < -0.3 is 10.4 Å². The fourth-order valence-corrected chi connectivity index (χ4v) is 2.97. The van der Waals surface area contributed by atoms with Crippen LogP contribution in [-0.2, 0) is 13.6 Å². The Morgan fingerprint density at radius 2 is 2.10 bits per heavy atom. The first kappa shape index (κ1) is 16.0. The molecular formula is C15H22N4OS. The number of thioether (sulfide) groups is 1. The van der Waals surface area contributed by atoms with Gasteiger partial charge in [0.15, 0.2) is 0 Å². The van der Waals surface area contributed by atoms with Crippen LogP contribution in [0.4, 0.5) is 0 Å². The van der Waals surface area contributed by atoms with Crippen molar-refractivity contribution in [3.63, 3.8) is 0 Å². The van der Waals surface area contributed by atoms with E-state index < -0.39 is 5.60 Å². The van der Waals surface area contributed by atoms with Gasteiger partial charge in [-0.25, -0.2) is 0 Å². The first-order valence-corrected chi connectivity index (χ1v) is 8.26. The molecule has 0 aliphatic rings. The van der Waals surface area contributed by atoms with E-state index in [1.54, 1.807) is 24.2 Å². The normalized spacial score (nSPS) is 14.1. The Morgan fingerprint density at radius 1 is 1.38 bits per heavy atom. The van der Waals surface area contributed by atoms with Crippen LogP contribution < -0.4 is 5.32 Å². The van der Waals surface area contributed by atoms with E-state index in [2.05, 4.69) is 15.4 Å². The number of rotatable bonds is 7. The lowest BCUT2D eigenvalue weighted by Gasteiger charge is -2.22. The highest BCUT2D eigenvalue weighted by Crippen LogP contribution is 2.21. The van der Waals surface area contributed by atoms with Crippen molar-refractivity contribution in [2.75, 3.05) is 18.6 Å². The minimum Gasteiger partial charge on any atom is -0.388 e.